The zero-order valence-corrected chi connectivity index (χ0v) is 8.53. The van der Waals surface area contributed by atoms with Crippen LogP contribution in [0.2, 0.25) is 0 Å². The van der Waals surface area contributed by atoms with Crippen molar-refractivity contribution in [2.75, 3.05) is 6.54 Å². The van der Waals surface area contributed by atoms with Crippen molar-refractivity contribution in [2.24, 2.45) is 0 Å². The van der Waals surface area contributed by atoms with E-state index in [0.717, 1.165) is 0 Å². The van der Waals surface area contributed by atoms with E-state index in [2.05, 4.69) is 5.32 Å². The van der Waals surface area contributed by atoms with Gasteiger partial charge in [0.2, 0.25) is 5.91 Å². The lowest BCUT2D eigenvalue weighted by atomic mass is 10.1. The molecule has 0 aromatic heterocycles. The quantitative estimate of drug-likeness (QED) is 0.776. The lowest BCUT2D eigenvalue weighted by Crippen LogP contribution is -2.31. The Balaban J connectivity index is 2.48. The van der Waals surface area contributed by atoms with Gasteiger partial charge in [-0.2, -0.15) is 0 Å². The molecule has 2 N–H and O–H groups in total. The molecule has 0 saturated carbocycles. The topological polar surface area (TPSA) is 49.3 Å². The van der Waals surface area contributed by atoms with Crippen LogP contribution in [-0.2, 0) is 11.2 Å². The first-order chi connectivity index (χ1) is 7.09. The first-order valence-corrected chi connectivity index (χ1v) is 4.77. The van der Waals surface area contributed by atoms with Crippen LogP contribution < -0.4 is 5.32 Å². The second kappa shape index (κ2) is 5.46. The molecule has 0 aliphatic rings. The van der Waals surface area contributed by atoms with Gasteiger partial charge in [0, 0.05) is 6.54 Å². The number of aliphatic hydroxyl groups excluding tert-OH is 1. The van der Waals surface area contributed by atoms with E-state index < -0.39 is 6.10 Å². The van der Waals surface area contributed by atoms with Gasteiger partial charge in [-0.25, -0.2) is 4.39 Å². The molecule has 0 saturated heterocycles. The Hall–Kier alpha value is -1.42. The minimum absolute atomic E-state index is 0.000602. The summed E-state index contributed by atoms with van der Waals surface area (Å²) in [6, 6.07) is 6.14. The highest BCUT2D eigenvalue weighted by Crippen LogP contribution is 2.06. The van der Waals surface area contributed by atoms with Gasteiger partial charge in [0.05, 0.1) is 12.5 Å². The van der Waals surface area contributed by atoms with Crippen molar-refractivity contribution in [3.05, 3.63) is 35.6 Å². The fraction of sp³-hybridized carbons (Fsp3) is 0.364. The first-order valence-electron chi connectivity index (χ1n) is 4.77. The van der Waals surface area contributed by atoms with E-state index in [9.17, 15) is 9.18 Å². The van der Waals surface area contributed by atoms with Crippen LogP contribution in [0, 0.1) is 5.82 Å². The monoisotopic (exact) mass is 211 g/mol. The summed E-state index contributed by atoms with van der Waals surface area (Å²) >= 11 is 0. The number of hydrogen-bond donors (Lipinski definition) is 2. The maximum Gasteiger partial charge on any atom is 0.224 e. The maximum atomic E-state index is 13.1. The number of amides is 1. The molecule has 1 aromatic rings. The van der Waals surface area contributed by atoms with Gasteiger partial charge in [0.1, 0.15) is 5.82 Å². The molecular formula is C11H14FNO2. The second-order valence-corrected chi connectivity index (χ2v) is 3.42. The SMILES string of the molecule is C[C@@H](O)CNC(=O)Cc1ccccc1F. The molecule has 4 heteroatoms. The smallest absolute Gasteiger partial charge is 0.224 e. The first kappa shape index (κ1) is 11.7. The summed E-state index contributed by atoms with van der Waals surface area (Å²) < 4.78 is 13.1. The van der Waals surface area contributed by atoms with Crippen molar-refractivity contribution < 1.29 is 14.3 Å². The Morgan fingerprint density at radius 1 is 1.53 bits per heavy atom. The highest BCUT2D eigenvalue weighted by Gasteiger charge is 2.07. The molecule has 0 fully saturated rings. The molecule has 0 spiro atoms. The third-order valence-corrected chi connectivity index (χ3v) is 1.90. The molecule has 0 heterocycles. The number of nitrogens with one attached hydrogen (secondary N) is 1. The van der Waals surface area contributed by atoms with Gasteiger partial charge in [0.15, 0.2) is 0 Å². The maximum absolute atomic E-state index is 13.1. The minimum Gasteiger partial charge on any atom is -0.392 e. The summed E-state index contributed by atoms with van der Waals surface area (Å²) in [5.74, 6) is -0.675. The number of benzene rings is 1. The van der Waals surface area contributed by atoms with Gasteiger partial charge in [-0.15, -0.1) is 0 Å². The van der Waals surface area contributed by atoms with Crippen LogP contribution >= 0.6 is 0 Å². The molecule has 0 unspecified atom stereocenters. The van der Waals surface area contributed by atoms with Crippen molar-refractivity contribution in [1.82, 2.24) is 5.32 Å². The molecule has 1 amide bonds. The largest absolute Gasteiger partial charge is 0.392 e. The normalized spacial score (nSPS) is 12.2. The number of halogens is 1. The Kier molecular flexibility index (Phi) is 4.24. The van der Waals surface area contributed by atoms with Crippen LogP contribution in [-0.4, -0.2) is 23.7 Å². The van der Waals surface area contributed by atoms with Crippen LogP contribution in [0.5, 0.6) is 0 Å². The van der Waals surface area contributed by atoms with Crippen LogP contribution in [0.1, 0.15) is 12.5 Å². The Morgan fingerprint density at radius 3 is 2.80 bits per heavy atom. The summed E-state index contributed by atoms with van der Waals surface area (Å²) in [5.41, 5.74) is 0.362. The van der Waals surface area contributed by atoms with E-state index in [4.69, 9.17) is 5.11 Å². The number of carbonyl (C=O) groups is 1. The van der Waals surface area contributed by atoms with Gasteiger partial charge >= 0.3 is 0 Å². The summed E-state index contributed by atoms with van der Waals surface area (Å²) in [4.78, 5) is 11.3. The zero-order chi connectivity index (χ0) is 11.3. The van der Waals surface area contributed by atoms with Gasteiger partial charge < -0.3 is 10.4 Å². The highest BCUT2D eigenvalue weighted by atomic mass is 19.1. The second-order valence-electron chi connectivity index (χ2n) is 3.42. The van der Waals surface area contributed by atoms with E-state index in [1.54, 1.807) is 25.1 Å². The number of aliphatic hydroxyl groups is 1. The predicted octanol–water partition coefficient (Wildman–Crippen LogP) is 0.865. The van der Waals surface area contributed by atoms with E-state index in [-0.39, 0.29) is 24.7 Å². The van der Waals surface area contributed by atoms with Crippen molar-refractivity contribution in [2.45, 2.75) is 19.4 Å². The Labute approximate surface area is 87.9 Å². The molecule has 0 radical (unpaired) electrons. The average Bonchev–Trinajstić information content (AvgIpc) is 2.18. The number of rotatable bonds is 4. The van der Waals surface area contributed by atoms with Crippen molar-refractivity contribution in [1.29, 1.82) is 0 Å². The molecule has 82 valence electrons. The van der Waals surface area contributed by atoms with Crippen LogP contribution in [0.25, 0.3) is 0 Å². The molecule has 0 aliphatic heterocycles. The molecule has 3 nitrogen and oxygen atoms in total. The van der Waals surface area contributed by atoms with E-state index in [1.165, 1.54) is 6.07 Å². The summed E-state index contributed by atoms with van der Waals surface area (Å²) in [5, 5.41) is 11.4. The molecule has 1 aromatic carbocycles. The molecular weight excluding hydrogens is 197 g/mol. The molecule has 1 atom stereocenters. The van der Waals surface area contributed by atoms with Gasteiger partial charge in [-0.1, -0.05) is 18.2 Å². The standard InChI is InChI=1S/C11H14FNO2/c1-8(14)7-13-11(15)6-9-4-2-3-5-10(9)12/h2-5,8,14H,6-7H2,1H3,(H,13,15)/t8-/m1/s1. The molecule has 0 bridgehead atoms. The average molecular weight is 211 g/mol. The van der Waals surface area contributed by atoms with Gasteiger partial charge in [-0.05, 0) is 18.6 Å². The van der Waals surface area contributed by atoms with Gasteiger partial charge in [-0.3, -0.25) is 4.79 Å². The number of carbonyl (C=O) groups excluding carboxylic acids is 1. The summed E-state index contributed by atoms with van der Waals surface area (Å²) in [6.07, 6.45) is -0.589. The Morgan fingerprint density at radius 2 is 2.20 bits per heavy atom. The molecule has 0 aliphatic carbocycles. The lowest BCUT2D eigenvalue weighted by Gasteiger charge is -2.07. The lowest BCUT2D eigenvalue weighted by molar-refractivity contribution is -0.120. The Bertz CT molecular complexity index is 339. The fourth-order valence-electron chi connectivity index (χ4n) is 1.14. The van der Waals surface area contributed by atoms with Crippen molar-refractivity contribution in [3.8, 4) is 0 Å². The summed E-state index contributed by atoms with van der Waals surface area (Å²) in [6.45, 7) is 1.76. The van der Waals surface area contributed by atoms with Crippen LogP contribution in [0.4, 0.5) is 4.39 Å². The third-order valence-electron chi connectivity index (χ3n) is 1.90. The number of hydrogen-bond acceptors (Lipinski definition) is 2. The summed E-state index contributed by atoms with van der Waals surface area (Å²) in [7, 11) is 0. The van der Waals surface area contributed by atoms with Crippen LogP contribution in [0.3, 0.4) is 0 Å². The van der Waals surface area contributed by atoms with E-state index in [1.807, 2.05) is 0 Å². The van der Waals surface area contributed by atoms with Gasteiger partial charge in [0.25, 0.3) is 0 Å². The van der Waals surface area contributed by atoms with E-state index >= 15 is 0 Å². The molecule has 1 rings (SSSR count). The third kappa shape index (κ3) is 4.08. The minimum atomic E-state index is -0.588. The predicted molar refractivity (Wildman–Crippen MR) is 54.8 cm³/mol. The van der Waals surface area contributed by atoms with Crippen LogP contribution in [0.15, 0.2) is 24.3 Å². The zero-order valence-electron chi connectivity index (χ0n) is 8.53. The molecule has 15 heavy (non-hydrogen) atoms. The highest BCUT2D eigenvalue weighted by molar-refractivity contribution is 5.78. The van der Waals surface area contributed by atoms with Crippen molar-refractivity contribution >= 4 is 5.91 Å². The fourth-order valence-corrected chi connectivity index (χ4v) is 1.14. The van der Waals surface area contributed by atoms with E-state index in [0.29, 0.717) is 5.56 Å². The van der Waals surface area contributed by atoms with Crippen molar-refractivity contribution in [3.63, 3.8) is 0 Å².